The smallest absolute Gasteiger partial charge is 0.254 e. The lowest BCUT2D eigenvalue weighted by molar-refractivity contribution is 0.0619. The van der Waals surface area contributed by atoms with Gasteiger partial charge in [0.05, 0.1) is 4.90 Å². The SMILES string of the molecule is CCC(C)(C)N(C)C(=O)c1cc(F)cc(S(N)(=O)=O)c1. The summed E-state index contributed by atoms with van der Waals surface area (Å²) in [5, 5.41) is 4.96. The topological polar surface area (TPSA) is 80.5 Å². The maximum atomic E-state index is 13.5. The number of benzene rings is 1. The molecule has 112 valence electrons. The Kier molecular flexibility index (Phi) is 4.55. The highest BCUT2D eigenvalue weighted by Gasteiger charge is 2.27. The van der Waals surface area contributed by atoms with E-state index in [1.807, 2.05) is 20.8 Å². The first kappa shape index (κ1) is 16.6. The first-order chi connectivity index (χ1) is 8.99. The molecule has 0 heterocycles. The zero-order chi connectivity index (χ0) is 15.7. The molecule has 0 unspecified atom stereocenters. The summed E-state index contributed by atoms with van der Waals surface area (Å²) in [6.45, 7) is 5.65. The van der Waals surface area contributed by atoms with Crippen molar-refractivity contribution in [3.63, 3.8) is 0 Å². The molecule has 0 aliphatic carbocycles. The molecule has 0 saturated heterocycles. The van der Waals surface area contributed by atoms with Gasteiger partial charge in [0.2, 0.25) is 10.0 Å². The molecule has 1 rings (SSSR count). The molecule has 0 aromatic heterocycles. The van der Waals surface area contributed by atoms with Crippen molar-refractivity contribution in [2.45, 2.75) is 37.6 Å². The fourth-order valence-corrected chi connectivity index (χ4v) is 2.12. The number of carbonyl (C=O) groups excluding carboxylic acids is 1. The summed E-state index contributed by atoms with van der Waals surface area (Å²) in [5.74, 6) is -1.27. The van der Waals surface area contributed by atoms with E-state index >= 15 is 0 Å². The van der Waals surface area contributed by atoms with E-state index in [9.17, 15) is 17.6 Å². The van der Waals surface area contributed by atoms with Crippen molar-refractivity contribution in [3.8, 4) is 0 Å². The fourth-order valence-electron chi connectivity index (χ4n) is 1.56. The van der Waals surface area contributed by atoms with E-state index in [1.165, 1.54) is 4.90 Å². The predicted molar refractivity (Wildman–Crippen MR) is 74.2 cm³/mol. The minimum atomic E-state index is -4.06. The van der Waals surface area contributed by atoms with Crippen LogP contribution in [0.15, 0.2) is 23.1 Å². The molecule has 0 spiro atoms. The standard InChI is InChI=1S/C13H19FN2O3S/c1-5-13(2,3)16(4)12(17)9-6-10(14)8-11(7-9)20(15,18)19/h6-8H,5H2,1-4H3,(H2,15,18,19). The lowest BCUT2D eigenvalue weighted by Gasteiger charge is -2.35. The number of rotatable bonds is 4. The number of hydrogen-bond acceptors (Lipinski definition) is 3. The van der Waals surface area contributed by atoms with Crippen molar-refractivity contribution < 1.29 is 17.6 Å². The summed E-state index contributed by atoms with van der Waals surface area (Å²) in [6, 6.07) is 2.87. The highest BCUT2D eigenvalue weighted by molar-refractivity contribution is 7.89. The number of nitrogens with zero attached hydrogens (tertiary/aromatic N) is 1. The van der Waals surface area contributed by atoms with Crippen molar-refractivity contribution in [1.82, 2.24) is 4.90 Å². The van der Waals surface area contributed by atoms with Crippen LogP contribution in [-0.4, -0.2) is 31.8 Å². The number of carbonyl (C=O) groups is 1. The maximum Gasteiger partial charge on any atom is 0.254 e. The first-order valence-corrected chi connectivity index (χ1v) is 7.65. The third-order valence-corrected chi connectivity index (χ3v) is 4.42. The molecule has 2 N–H and O–H groups in total. The van der Waals surface area contributed by atoms with Gasteiger partial charge in [0.25, 0.3) is 5.91 Å². The summed E-state index contributed by atoms with van der Waals surface area (Å²) in [7, 11) is -2.47. The largest absolute Gasteiger partial charge is 0.337 e. The van der Waals surface area contributed by atoms with E-state index in [-0.39, 0.29) is 5.56 Å². The number of primary sulfonamides is 1. The number of nitrogens with two attached hydrogens (primary N) is 1. The molecule has 0 atom stereocenters. The Hall–Kier alpha value is -1.47. The van der Waals surface area contributed by atoms with Crippen molar-refractivity contribution in [2.75, 3.05) is 7.05 Å². The Morgan fingerprint density at radius 1 is 1.35 bits per heavy atom. The molecule has 1 amide bonds. The molecule has 20 heavy (non-hydrogen) atoms. The van der Waals surface area contributed by atoms with Crippen molar-refractivity contribution in [1.29, 1.82) is 0 Å². The van der Waals surface area contributed by atoms with Crippen LogP contribution in [0.3, 0.4) is 0 Å². The second-order valence-corrected chi connectivity index (χ2v) is 6.81. The van der Waals surface area contributed by atoms with Gasteiger partial charge in [-0.3, -0.25) is 4.79 Å². The highest BCUT2D eigenvalue weighted by Crippen LogP contribution is 2.21. The molecular formula is C13H19FN2O3S. The summed E-state index contributed by atoms with van der Waals surface area (Å²) in [5.41, 5.74) is -0.469. The molecule has 0 bridgehead atoms. The van der Waals surface area contributed by atoms with Gasteiger partial charge in [0.1, 0.15) is 5.82 Å². The van der Waals surface area contributed by atoms with E-state index in [0.29, 0.717) is 6.42 Å². The van der Waals surface area contributed by atoms with Crippen LogP contribution in [0.2, 0.25) is 0 Å². The minimum Gasteiger partial charge on any atom is -0.337 e. The molecule has 1 aromatic rings. The molecule has 1 aromatic carbocycles. The van der Waals surface area contributed by atoms with Crippen LogP contribution < -0.4 is 5.14 Å². The van der Waals surface area contributed by atoms with Crippen molar-refractivity contribution in [2.24, 2.45) is 5.14 Å². The molecular weight excluding hydrogens is 283 g/mol. The van der Waals surface area contributed by atoms with E-state index in [4.69, 9.17) is 5.14 Å². The number of hydrogen-bond donors (Lipinski definition) is 1. The molecule has 0 aliphatic rings. The van der Waals surface area contributed by atoms with Gasteiger partial charge in [-0.15, -0.1) is 0 Å². The van der Waals surface area contributed by atoms with Gasteiger partial charge in [-0.05, 0) is 38.5 Å². The van der Waals surface area contributed by atoms with Gasteiger partial charge in [0.15, 0.2) is 0 Å². The quantitative estimate of drug-likeness (QED) is 0.919. The van der Waals surface area contributed by atoms with Crippen LogP contribution >= 0.6 is 0 Å². The maximum absolute atomic E-state index is 13.5. The Morgan fingerprint density at radius 3 is 2.35 bits per heavy atom. The van der Waals surface area contributed by atoms with Crippen LogP contribution in [0, 0.1) is 5.82 Å². The van der Waals surface area contributed by atoms with Crippen molar-refractivity contribution >= 4 is 15.9 Å². The van der Waals surface area contributed by atoms with Gasteiger partial charge < -0.3 is 4.90 Å². The average Bonchev–Trinajstić information content (AvgIpc) is 2.35. The zero-order valence-corrected chi connectivity index (χ0v) is 12.8. The number of halogens is 1. The zero-order valence-electron chi connectivity index (χ0n) is 12.0. The second kappa shape index (κ2) is 5.49. The molecule has 0 radical (unpaired) electrons. The molecule has 0 fully saturated rings. The van der Waals surface area contributed by atoms with Gasteiger partial charge >= 0.3 is 0 Å². The third kappa shape index (κ3) is 3.55. The van der Waals surface area contributed by atoms with Crippen LogP contribution in [0.25, 0.3) is 0 Å². The Balaban J connectivity index is 3.28. The predicted octanol–water partition coefficient (Wildman–Crippen LogP) is 1.73. The molecule has 5 nitrogen and oxygen atoms in total. The Bertz CT molecular complexity index is 627. The highest BCUT2D eigenvalue weighted by atomic mass is 32.2. The van der Waals surface area contributed by atoms with Crippen molar-refractivity contribution in [3.05, 3.63) is 29.6 Å². The van der Waals surface area contributed by atoms with Crippen LogP contribution in [0.5, 0.6) is 0 Å². The summed E-state index contributed by atoms with van der Waals surface area (Å²) >= 11 is 0. The minimum absolute atomic E-state index is 0.0435. The van der Waals surface area contributed by atoms with E-state index in [1.54, 1.807) is 7.05 Å². The summed E-state index contributed by atoms with van der Waals surface area (Å²) in [4.78, 5) is 13.3. The van der Waals surface area contributed by atoms with Crippen LogP contribution in [-0.2, 0) is 10.0 Å². The monoisotopic (exact) mass is 302 g/mol. The lowest BCUT2D eigenvalue weighted by atomic mass is 9.99. The van der Waals surface area contributed by atoms with Gasteiger partial charge in [0, 0.05) is 18.2 Å². The average molecular weight is 302 g/mol. The third-order valence-electron chi connectivity index (χ3n) is 3.52. The first-order valence-electron chi connectivity index (χ1n) is 6.10. The van der Waals surface area contributed by atoms with E-state index in [0.717, 1.165) is 18.2 Å². The lowest BCUT2D eigenvalue weighted by Crippen LogP contribution is -2.44. The molecule has 0 saturated carbocycles. The van der Waals surface area contributed by atoms with E-state index < -0.39 is 32.2 Å². The number of amides is 1. The molecule has 0 aliphatic heterocycles. The number of sulfonamides is 1. The van der Waals surface area contributed by atoms with E-state index in [2.05, 4.69) is 0 Å². The van der Waals surface area contributed by atoms with Gasteiger partial charge in [-0.2, -0.15) is 0 Å². The Labute approximate surface area is 118 Å². The summed E-state index contributed by atoms with van der Waals surface area (Å²) < 4.78 is 36.0. The fraction of sp³-hybridized carbons (Fsp3) is 0.462. The summed E-state index contributed by atoms with van der Waals surface area (Å²) in [6.07, 6.45) is 0.701. The second-order valence-electron chi connectivity index (χ2n) is 5.25. The normalized spacial score (nSPS) is 12.3. The van der Waals surface area contributed by atoms with Gasteiger partial charge in [-0.25, -0.2) is 17.9 Å². The van der Waals surface area contributed by atoms with Crippen LogP contribution in [0.4, 0.5) is 4.39 Å². The molecule has 7 heteroatoms. The van der Waals surface area contributed by atoms with Gasteiger partial charge in [-0.1, -0.05) is 6.92 Å². The van der Waals surface area contributed by atoms with Crippen LogP contribution in [0.1, 0.15) is 37.6 Å². The Morgan fingerprint density at radius 2 is 1.90 bits per heavy atom.